The van der Waals surface area contributed by atoms with Crippen LogP contribution >= 0.6 is 0 Å². The van der Waals surface area contributed by atoms with Crippen LogP contribution in [-0.2, 0) is 0 Å². The van der Waals surface area contributed by atoms with Gasteiger partial charge in [-0.25, -0.2) is 0 Å². The van der Waals surface area contributed by atoms with E-state index in [1.165, 1.54) is 11.1 Å². The van der Waals surface area contributed by atoms with E-state index in [0.29, 0.717) is 6.04 Å². The van der Waals surface area contributed by atoms with Crippen LogP contribution in [0.15, 0.2) is 42.5 Å². The molecule has 0 radical (unpaired) electrons. The molecule has 2 aromatic carbocycles. The maximum atomic E-state index is 6.02. The van der Waals surface area contributed by atoms with E-state index in [1.807, 2.05) is 25.2 Å². The molecular weight excluding hydrogens is 246 g/mol. The fourth-order valence-corrected chi connectivity index (χ4v) is 2.44. The van der Waals surface area contributed by atoms with E-state index in [9.17, 15) is 0 Å². The van der Waals surface area contributed by atoms with Gasteiger partial charge in [0.05, 0.1) is 0 Å². The van der Waals surface area contributed by atoms with Crippen LogP contribution in [0.1, 0.15) is 36.1 Å². The summed E-state index contributed by atoms with van der Waals surface area (Å²) < 4.78 is 6.02. The zero-order chi connectivity index (χ0) is 14.5. The summed E-state index contributed by atoms with van der Waals surface area (Å²) in [6, 6.07) is 14.9. The molecule has 1 atom stereocenters. The molecule has 0 spiro atoms. The normalized spacial score (nSPS) is 12.2. The number of aryl methyl sites for hydroxylation is 2. The number of ether oxygens (including phenoxy) is 1. The molecule has 1 unspecified atom stereocenters. The van der Waals surface area contributed by atoms with Crippen LogP contribution in [0.5, 0.6) is 11.5 Å². The summed E-state index contributed by atoms with van der Waals surface area (Å²) in [7, 11) is 1.99. The van der Waals surface area contributed by atoms with E-state index in [4.69, 9.17) is 4.74 Å². The SMILES string of the molecule is CCC(NC)c1cccc(Oc2ccc(C)cc2C)c1. The van der Waals surface area contributed by atoms with Crippen LogP contribution in [0.25, 0.3) is 0 Å². The van der Waals surface area contributed by atoms with E-state index in [2.05, 4.69) is 50.4 Å². The van der Waals surface area contributed by atoms with Crippen molar-refractivity contribution in [1.82, 2.24) is 5.32 Å². The molecule has 2 heteroatoms. The first kappa shape index (κ1) is 14.6. The van der Waals surface area contributed by atoms with Crippen LogP contribution in [0, 0.1) is 13.8 Å². The van der Waals surface area contributed by atoms with Crippen molar-refractivity contribution in [2.75, 3.05) is 7.05 Å². The number of nitrogens with one attached hydrogen (secondary N) is 1. The number of hydrogen-bond acceptors (Lipinski definition) is 2. The summed E-state index contributed by atoms with van der Waals surface area (Å²) in [4.78, 5) is 0. The fourth-order valence-electron chi connectivity index (χ4n) is 2.44. The van der Waals surface area contributed by atoms with E-state index in [-0.39, 0.29) is 0 Å². The Bertz CT molecular complexity index is 573. The smallest absolute Gasteiger partial charge is 0.130 e. The maximum absolute atomic E-state index is 6.02. The molecule has 0 aromatic heterocycles. The van der Waals surface area contributed by atoms with E-state index in [0.717, 1.165) is 23.5 Å². The fraction of sp³-hybridized carbons (Fsp3) is 0.333. The van der Waals surface area contributed by atoms with Gasteiger partial charge in [0.1, 0.15) is 11.5 Å². The summed E-state index contributed by atoms with van der Waals surface area (Å²) in [5.74, 6) is 1.81. The highest BCUT2D eigenvalue weighted by atomic mass is 16.5. The average molecular weight is 269 g/mol. The van der Waals surface area contributed by atoms with Crippen molar-refractivity contribution >= 4 is 0 Å². The van der Waals surface area contributed by atoms with Gasteiger partial charge in [-0.15, -0.1) is 0 Å². The number of hydrogen-bond donors (Lipinski definition) is 1. The third-order valence-corrected chi connectivity index (χ3v) is 3.58. The van der Waals surface area contributed by atoms with Crippen molar-refractivity contribution in [1.29, 1.82) is 0 Å². The summed E-state index contributed by atoms with van der Waals surface area (Å²) >= 11 is 0. The second-order valence-corrected chi connectivity index (χ2v) is 5.19. The predicted molar refractivity (Wildman–Crippen MR) is 84.5 cm³/mol. The van der Waals surface area contributed by atoms with Gasteiger partial charge in [0, 0.05) is 6.04 Å². The van der Waals surface area contributed by atoms with Gasteiger partial charge in [-0.05, 0) is 56.6 Å². The summed E-state index contributed by atoms with van der Waals surface area (Å²) in [5.41, 5.74) is 3.68. The average Bonchev–Trinajstić information content (AvgIpc) is 2.44. The first-order valence-corrected chi connectivity index (χ1v) is 7.16. The van der Waals surface area contributed by atoms with Crippen molar-refractivity contribution in [2.24, 2.45) is 0 Å². The lowest BCUT2D eigenvalue weighted by atomic mass is 10.0. The molecular formula is C18H23NO. The third-order valence-electron chi connectivity index (χ3n) is 3.58. The molecule has 0 amide bonds. The molecule has 1 N–H and O–H groups in total. The lowest BCUT2D eigenvalue weighted by Crippen LogP contribution is -2.14. The molecule has 0 aliphatic heterocycles. The van der Waals surface area contributed by atoms with Crippen LogP contribution < -0.4 is 10.1 Å². The molecule has 0 saturated carbocycles. The topological polar surface area (TPSA) is 21.3 Å². The van der Waals surface area contributed by atoms with Gasteiger partial charge in [-0.2, -0.15) is 0 Å². The highest BCUT2D eigenvalue weighted by Gasteiger charge is 2.08. The molecule has 0 aliphatic carbocycles. The standard InChI is InChI=1S/C18H23NO/c1-5-17(19-4)15-7-6-8-16(12-15)20-18-10-9-13(2)11-14(18)3/h6-12,17,19H,5H2,1-4H3. The number of rotatable bonds is 5. The van der Waals surface area contributed by atoms with Crippen molar-refractivity contribution in [3.8, 4) is 11.5 Å². The van der Waals surface area contributed by atoms with Crippen LogP contribution in [0.3, 0.4) is 0 Å². The van der Waals surface area contributed by atoms with Gasteiger partial charge < -0.3 is 10.1 Å². The van der Waals surface area contributed by atoms with Crippen molar-refractivity contribution in [2.45, 2.75) is 33.2 Å². The Labute approximate surface area is 121 Å². The van der Waals surface area contributed by atoms with Gasteiger partial charge in [0.25, 0.3) is 0 Å². The molecule has 0 aliphatic rings. The lowest BCUT2D eigenvalue weighted by Gasteiger charge is -2.16. The van der Waals surface area contributed by atoms with Gasteiger partial charge in [-0.1, -0.05) is 36.8 Å². The van der Waals surface area contributed by atoms with E-state index >= 15 is 0 Å². The quantitative estimate of drug-likeness (QED) is 0.844. The molecule has 0 saturated heterocycles. The molecule has 2 nitrogen and oxygen atoms in total. The predicted octanol–water partition coefficient (Wildman–Crippen LogP) is 4.77. The molecule has 2 rings (SSSR count). The first-order valence-electron chi connectivity index (χ1n) is 7.16. The minimum absolute atomic E-state index is 0.373. The molecule has 0 bridgehead atoms. The van der Waals surface area contributed by atoms with Gasteiger partial charge in [-0.3, -0.25) is 0 Å². The second kappa shape index (κ2) is 6.58. The first-order chi connectivity index (χ1) is 9.63. The van der Waals surface area contributed by atoms with Crippen molar-refractivity contribution < 1.29 is 4.74 Å². The van der Waals surface area contributed by atoms with Gasteiger partial charge >= 0.3 is 0 Å². The molecule has 20 heavy (non-hydrogen) atoms. The lowest BCUT2D eigenvalue weighted by molar-refractivity contribution is 0.475. The van der Waals surface area contributed by atoms with Gasteiger partial charge in [0.2, 0.25) is 0 Å². The minimum atomic E-state index is 0.373. The Morgan fingerprint density at radius 1 is 1.10 bits per heavy atom. The molecule has 0 fully saturated rings. The second-order valence-electron chi connectivity index (χ2n) is 5.19. The van der Waals surface area contributed by atoms with Crippen LogP contribution in [-0.4, -0.2) is 7.05 Å². The Hall–Kier alpha value is -1.80. The summed E-state index contributed by atoms with van der Waals surface area (Å²) in [6.45, 7) is 6.35. The van der Waals surface area contributed by atoms with E-state index < -0.39 is 0 Å². The Morgan fingerprint density at radius 3 is 2.55 bits per heavy atom. The largest absolute Gasteiger partial charge is 0.457 e. The summed E-state index contributed by atoms with van der Waals surface area (Å²) in [6.07, 6.45) is 1.06. The molecule has 106 valence electrons. The zero-order valence-electron chi connectivity index (χ0n) is 12.7. The minimum Gasteiger partial charge on any atom is -0.457 e. The Morgan fingerprint density at radius 2 is 1.90 bits per heavy atom. The highest BCUT2D eigenvalue weighted by molar-refractivity contribution is 5.40. The number of benzene rings is 2. The monoisotopic (exact) mass is 269 g/mol. The van der Waals surface area contributed by atoms with Crippen molar-refractivity contribution in [3.05, 3.63) is 59.2 Å². The highest BCUT2D eigenvalue weighted by Crippen LogP contribution is 2.28. The van der Waals surface area contributed by atoms with Gasteiger partial charge in [0.15, 0.2) is 0 Å². The molecule has 0 heterocycles. The Kier molecular flexibility index (Phi) is 4.80. The van der Waals surface area contributed by atoms with Crippen LogP contribution in [0.2, 0.25) is 0 Å². The third kappa shape index (κ3) is 3.40. The zero-order valence-corrected chi connectivity index (χ0v) is 12.7. The van der Waals surface area contributed by atoms with E-state index in [1.54, 1.807) is 0 Å². The Balaban J connectivity index is 2.23. The summed E-state index contributed by atoms with van der Waals surface area (Å²) in [5, 5.41) is 3.32. The van der Waals surface area contributed by atoms with Crippen LogP contribution in [0.4, 0.5) is 0 Å². The maximum Gasteiger partial charge on any atom is 0.130 e. The molecule has 2 aromatic rings. The van der Waals surface area contributed by atoms with Crippen molar-refractivity contribution in [3.63, 3.8) is 0 Å².